The van der Waals surface area contributed by atoms with Crippen LogP contribution in [-0.4, -0.2) is 27.4 Å². The topological polar surface area (TPSA) is 79.3 Å². The van der Waals surface area contributed by atoms with Crippen LogP contribution in [0.4, 0.5) is 5.13 Å². The molecular formula is C11H16N2O3S. The molecule has 17 heavy (non-hydrogen) atoms. The van der Waals surface area contributed by atoms with Gasteiger partial charge < -0.3 is 10.4 Å². The second-order valence-corrected chi connectivity index (χ2v) is 5.42. The summed E-state index contributed by atoms with van der Waals surface area (Å²) < 4.78 is 0. The second-order valence-electron chi connectivity index (χ2n) is 4.42. The number of hydrogen-bond donors (Lipinski definition) is 2. The van der Waals surface area contributed by atoms with Gasteiger partial charge in [-0.25, -0.2) is 9.78 Å². The van der Waals surface area contributed by atoms with Gasteiger partial charge in [-0.2, -0.15) is 0 Å². The molecule has 0 aliphatic heterocycles. The van der Waals surface area contributed by atoms with Gasteiger partial charge in [0.25, 0.3) is 0 Å². The highest BCUT2D eigenvalue weighted by Crippen LogP contribution is 2.27. The number of carbonyl (C=O) groups excluding carboxylic acids is 1. The van der Waals surface area contributed by atoms with Crippen LogP contribution in [0.3, 0.4) is 0 Å². The molecule has 1 heterocycles. The van der Waals surface area contributed by atoms with E-state index in [1.54, 1.807) is 0 Å². The molecule has 0 bridgehead atoms. The van der Waals surface area contributed by atoms with Crippen LogP contribution in [0.1, 0.15) is 54.3 Å². The van der Waals surface area contributed by atoms with Crippen molar-refractivity contribution in [3.05, 3.63) is 10.6 Å². The summed E-state index contributed by atoms with van der Waals surface area (Å²) in [6.45, 7) is 7.34. The molecule has 0 atom stereocenters. The molecule has 0 aliphatic rings. The van der Waals surface area contributed by atoms with E-state index in [0.29, 0.717) is 5.13 Å². The van der Waals surface area contributed by atoms with Crippen molar-refractivity contribution in [2.75, 3.05) is 5.32 Å². The van der Waals surface area contributed by atoms with Gasteiger partial charge in [0.15, 0.2) is 16.6 Å². The number of carboxylic acids is 1. The molecule has 0 aliphatic carbocycles. The van der Waals surface area contributed by atoms with Gasteiger partial charge in [0.05, 0.1) is 0 Å². The lowest BCUT2D eigenvalue weighted by atomic mass is 10.0. The van der Waals surface area contributed by atoms with Crippen LogP contribution in [0.2, 0.25) is 0 Å². The molecule has 0 amide bonds. The number of aromatic carboxylic acids is 1. The summed E-state index contributed by atoms with van der Waals surface area (Å²) in [6.07, 6.45) is 0.865. The standard InChI is InChI=1S/C11H16N2O3S/c1-5-11(3,4)13-10-12-7(9(15)16)8(17-10)6(2)14/h5H2,1-4H3,(H,12,13)(H,15,16). The number of carboxylic acid groups (broad SMARTS) is 1. The van der Waals surface area contributed by atoms with E-state index < -0.39 is 5.97 Å². The third-order valence-electron chi connectivity index (χ3n) is 2.48. The minimum Gasteiger partial charge on any atom is -0.476 e. The fourth-order valence-corrected chi connectivity index (χ4v) is 2.17. The number of Topliss-reactive ketones (excluding diaryl/α,β-unsaturated/α-hetero) is 1. The van der Waals surface area contributed by atoms with Crippen LogP contribution < -0.4 is 5.32 Å². The molecule has 0 saturated carbocycles. The molecule has 6 heteroatoms. The molecule has 0 aromatic carbocycles. The Kier molecular flexibility index (Phi) is 3.87. The number of carbonyl (C=O) groups is 2. The fraction of sp³-hybridized carbons (Fsp3) is 0.545. The molecule has 1 aromatic rings. The number of thiazole rings is 1. The summed E-state index contributed by atoms with van der Waals surface area (Å²) in [6, 6.07) is 0. The van der Waals surface area contributed by atoms with Crippen molar-refractivity contribution in [2.24, 2.45) is 0 Å². The molecule has 5 nitrogen and oxygen atoms in total. The van der Waals surface area contributed by atoms with E-state index in [0.717, 1.165) is 17.8 Å². The first-order chi connectivity index (χ1) is 7.76. The largest absolute Gasteiger partial charge is 0.476 e. The Bertz CT molecular complexity index is 420. The van der Waals surface area contributed by atoms with Gasteiger partial charge in [0, 0.05) is 12.5 Å². The predicted molar refractivity (Wildman–Crippen MR) is 67.1 cm³/mol. The number of ketones is 1. The first-order valence-corrected chi connectivity index (χ1v) is 6.11. The van der Waals surface area contributed by atoms with Crippen LogP contribution >= 0.6 is 11.3 Å². The van der Waals surface area contributed by atoms with Crippen LogP contribution in [0.15, 0.2) is 0 Å². The Morgan fingerprint density at radius 3 is 2.41 bits per heavy atom. The molecule has 0 unspecified atom stereocenters. The van der Waals surface area contributed by atoms with E-state index in [1.807, 2.05) is 20.8 Å². The highest BCUT2D eigenvalue weighted by Gasteiger charge is 2.23. The third kappa shape index (κ3) is 3.26. The first kappa shape index (κ1) is 13.6. The van der Waals surface area contributed by atoms with Gasteiger partial charge in [0.1, 0.15) is 4.88 Å². The van der Waals surface area contributed by atoms with E-state index in [-0.39, 0.29) is 21.9 Å². The fourth-order valence-electron chi connectivity index (χ4n) is 1.14. The Morgan fingerprint density at radius 2 is 2.06 bits per heavy atom. The summed E-state index contributed by atoms with van der Waals surface area (Å²) in [5, 5.41) is 12.5. The normalized spacial score (nSPS) is 11.3. The monoisotopic (exact) mass is 256 g/mol. The maximum Gasteiger partial charge on any atom is 0.356 e. The average molecular weight is 256 g/mol. The van der Waals surface area contributed by atoms with Crippen molar-refractivity contribution in [3.8, 4) is 0 Å². The zero-order valence-corrected chi connectivity index (χ0v) is 11.1. The maximum absolute atomic E-state index is 11.3. The Hall–Kier alpha value is -1.43. The van der Waals surface area contributed by atoms with Crippen molar-refractivity contribution in [3.63, 3.8) is 0 Å². The summed E-state index contributed by atoms with van der Waals surface area (Å²) in [7, 11) is 0. The number of nitrogens with zero attached hydrogens (tertiary/aromatic N) is 1. The Labute approximate surface area is 104 Å². The van der Waals surface area contributed by atoms with Crippen molar-refractivity contribution in [2.45, 2.75) is 39.7 Å². The van der Waals surface area contributed by atoms with Gasteiger partial charge in [0.2, 0.25) is 0 Å². The molecular weight excluding hydrogens is 240 g/mol. The summed E-state index contributed by atoms with van der Waals surface area (Å²) in [5.74, 6) is -1.45. The molecule has 94 valence electrons. The molecule has 1 rings (SSSR count). The predicted octanol–water partition coefficient (Wildman–Crippen LogP) is 2.64. The summed E-state index contributed by atoms with van der Waals surface area (Å²) in [5.41, 5.74) is -0.348. The van der Waals surface area contributed by atoms with E-state index in [1.165, 1.54) is 6.92 Å². The molecule has 0 spiro atoms. The lowest BCUT2D eigenvalue weighted by Crippen LogP contribution is -2.29. The van der Waals surface area contributed by atoms with Gasteiger partial charge in [-0.05, 0) is 20.3 Å². The minimum absolute atomic E-state index is 0.170. The molecule has 0 saturated heterocycles. The molecule has 0 fully saturated rings. The van der Waals surface area contributed by atoms with Crippen LogP contribution in [0.25, 0.3) is 0 Å². The highest BCUT2D eigenvalue weighted by atomic mass is 32.1. The molecule has 0 radical (unpaired) electrons. The van der Waals surface area contributed by atoms with Crippen molar-refractivity contribution < 1.29 is 14.7 Å². The SMILES string of the molecule is CCC(C)(C)Nc1nc(C(=O)O)c(C(C)=O)s1. The van der Waals surface area contributed by atoms with Gasteiger partial charge in [-0.15, -0.1) is 0 Å². The Morgan fingerprint density at radius 1 is 1.47 bits per heavy atom. The van der Waals surface area contributed by atoms with Crippen molar-refractivity contribution in [1.29, 1.82) is 0 Å². The number of aromatic nitrogens is 1. The number of anilines is 1. The number of hydrogen-bond acceptors (Lipinski definition) is 5. The lowest BCUT2D eigenvalue weighted by molar-refractivity contribution is 0.0687. The third-order valence-corrected chi connectivity index (χ3v) is 3.55. The summed E-state index contributed by atoms with van der Waals surface area (Å²) >= 11 is 1.09. The van der Waals surface area contributed by atoms with Crippen LogP contribution in [0.5, 0.6) is 0 Å². The highest BCUT2D eigenvalue weighted by molar-refractivity contribution is 7.17. The summed E-state index contributed by atoms with van der Waals surface area (Å²) in [4.78, 5) is 26.4. The van der Waals surface area contributed by atoms with Gasteiger partial charge in [-0.1, -0.05) is 18.3 Å². The van der Waals surface area contributed by atoms with Crippen molar-refractivity contribution in [1.82, 2.24) is 4.98 Å². The maximum atomic E-state index is 11.3. The zero-order chi connectivity index (χ0) is 13.2. The van der Waals surface area contributed by atoms with Crippen molar-refractivity contribution >= 4 is 28.2 Å². The molecule has 2 N–H and O–H groups in total. The second kappa shape index (κ2) is 4.83. The van der Waals surface area contributed by atoms with Crippen LogP contribution in [0, 0.1) is 0 Å². The van der Waals surface area contributed by atoms with E-state index in [9.17, 15) is 9.59 Å². The average Bonchev–Trinajstić information content (AvgIpc) is 2.61. The van der Waals surface area contributed by atoms with Gasteiger partial charge >= 0.3 is 5.97 Å². The number of rotatable bonds is 5. The number of nitrogens with one attached hydrogen (secondary N) is 1. The van der Waals surface area contributed by atoms with E-state index in [4.69, 9.17) is 5.11 Å². The minimum atomic E-state index is -1.17. The van der Waals surface area contributed by atoms with Crippen LogP contribution in [-0.2, 0) is 0 Å². The smallest absolute Gasteiger partial charge is 0.356 e. The Balaban J connectivity index is 3.09. The first-order valence-electron chi connectivity index (χ1n) is 5.30. The van der Waals surface area contributed by atoms with E-state index >= 15 is 0 Å². The zero-order valence-electron chi connectivity index (χ0n) is 10.3. The lowest BCUT2D eigenvalue weighted by Gasteiger charge is -2.23. The van der Waals surface area contributed by atoms with Gasteiger partial charge in [-0.3, -0.25) is 4.79 Å². The molecule has 1 aromatic heterocycles. The quantitative estimate of drug-likeness (QED) is 0.792. The van der Waals surface area contributed by atoms with E-state index in [2.05, 4.69) is 10.3 Å².